The van der Waals surface area contributed by atoms with Crippen LogP contribution >= 0.6 is 31.9 Å². The van der Waals surface area contributed by atoms with Gasteiger partial charge in [0.25, 0.3) is 0 Å². The number of nitrogens with one attached hydrogen (secondary N) is 1. The normalized spacial score (nSPS) is 10.8. The summed E-state index contributed by atoms with van der Waals surface area (Å²) in [7, 11) is 0. The van der Waals surface area contributed by atoms with Crippen molar-refractivity contribution >= 4 is 37.7 Å². The molecule has 1 heterocycles. The molecule has 0 bridgehead atoms. The van der Waals surface area contributed by atoms with Gasteiger partial charge in [-0.1, -0.05) is 29.8 Å². The minimum absolute atomic E-state index is 0.254. The van der Waals surface area contributed by atoms with Crippen molar-refractivity contribution in [3.8, 4) is 11.6 Å². The number of hydrogen-bond donors (Lipinski definition) is 1. The highest BCUT2D eigenvalue weighted by atomic mass is 79.9. The molecular weight excluding hydrogens is 398 g/mol. The zero-order valence-corrected chi connectivity index (χ0v) is 15.3. The van der Waals surface area contributed by atoms with E-state index in [1.165, 1.54) is 6.33 Å². The molecule has 0 aliphatic rings. The van der Waals surface area contributed by atoms with E-state index in [1.807, 2.05) is 25.1 Å². The summed E-state index contributed by atoms with van der Waals surface area (Å²) < 4.78 is 7.84. The van der Waals surface area contributed by atoms with Crippen LogP contribution in [0.4, 0.5) is 5.82 Å². The second kappa shape index (κ2) is 7.22. The van der Waals surface area contributed by atoms with Gasteiger partial charge >= 0.3 is 0 Å². The molecule has 21 heavy (non-hydrogen) atoms. The largest absolute Gasteiger partial charge is 0.437 e. The first kappa shape index (κ1) is 16.2. The van der Waals surface area contributed by atoms with Gasteiger partial charge in [0.15, 0.2) is 0 Å². The third-order valence-corrected chi connectivity index (χ3v) is 3.98. The third-order valence-electron chi connectivity index (χ3n) is 2.87. The maximum absolute atomic E-state index is 5.98. The molecule has 0 saturated carbocycles. The predicted octanol–water partition coefficient (Wildman–Crippen LogP) is 5.35. The van der Waals surface area contributed by atoms with Crippen LogP contribution in [0.25, 0.3) is 0 Å². The summed E-state index contributed by atoms with van der Waals surface area (Å²) in [6.07, 6.45) is 1.52. The molecule has 4 nitrogen and oxygen atoms in total. The standard InChI is InChI=1S/C15H17Br2N3O/c1-4-18-14-13(9(2)3)15(20-8-19-14)21-12-6-5-10(16)7-11(12)17/h5-9H,4H2,1-3H3,(H,18,19,20). The molecule has 0 radical (unpaired) electrons. The maximum Gasteiger partial charge on any atom is 0.227 e. The number of ether oxygens (including phenoxy) is 1. The quantitative estimate of drug-likeness (QED) is 0.716. The van der Waals surface area contributed by atoms with Crippen LogP contribution < -0.4 is 10.1 Å². The lowest BCUT2D eigenvalue weighted by molar-refractivity contribution is 0.449. The summed E-state index contributed by atoms with van der Waals surface area (Å²) in [5, 5.41) is 3.26. The number of rotatable bonds is 5. The average Bonchev–Trinajstić information content (AvgIpc) is 2.42. The summed E-state index contributed by atoms with van der Waals surface area (Å²) >= 11 is 6.93. The molecule has 1 aromatic heterocycles. The van der Waals surface area contributed by atoms with E-state index in [9.17, 15) is 0 Å². The monoisotopic (exact) mass is 413 g/mol. The smallest absolute Gasteiger partial charge is 0.227 e. The topological polar surface area (TPSA) is 47.0 Å². The van der Waals surface area contributed by atoms with E-state index < -0.39 is 0 Å². The highest BCUT2D eigenvalue weighted by molar-refractivity contribution is 9.11. The van der Waals surface area contributed by atoms with Crippen molar-refractivity contribution in [1.82, 2.24) is 9.97 Å². The minimum Gasteiger partial charge on any atom is -0.437 e. The van der Waals surface area contributed by atoms with E-state index in [4.69, 9.17) is 4.74 Å². The Morgan fingerprint density at radius 1 is 1.24 bits per heavy atom. The first-order valence-corrected chi connectivity index (χ1v) is 8.33. The molecule has 0 spiro atoms. The fourth-order valence-corrected chi connectivity index (χ4v) is 3.08. The van der Waals surface area contributed by atoms with Crippen LogP contribution in [0, 0.1) is 0 Å². The van der Waals surface area contributed by atoms with Gasteiger partial charge < -0.3 is 10.1 Å². The van der Waals surface area contributed by atoms with Crippen LogP contribution in [0.2, 0.25) is 0 Å². The number of anilines is 1. The van der Waals surface area contributed by atoms with E-state index in [-0.39, 0.29) is 5.92 Å². The molecule has 1 N–H and O–H groups in total. The molecular formula is C15H17Br2N3O. The zero-order valence-electron chi connectivity index (χ0n) is 12.2. The van der Waals surface area contributed by atoms with Crippen LogP contribution in [0.5, 0.6) is 11.6 Å². The minimum atomic E-state index is 0.254. The second-order valence-electron chi connectivity index (χ2n) is 4.80. The van der Waals surface area contributed by atoms with E-state index in [0.717, 1.165) is 32.6 Å². The SMILES string of the molecule is CCNc1ncnc(Oc2ccc(Br)cc2Br)c1C(C)C. The van der Waals surface area contributed by atoms with E-state index >= 15 is 0 Å². The van der Waals surface area contributed by atoms with E-state index in [1.54, 1.807) is 0 Å². The van der Waals surface area contributed by atoms with Gasteiger partial charge in [0.05, 0.1) is 10.0 Å². The highest BCUT2D eigenvalue weighted by Crippen LogP contribution is 2.36. The Labute approximate surface area is 141 Å². The molecule has 112 valence electrons. The summed E-state index contributed by atoms with van der Waals surface area (Å²) in [5.74, 6) is 2.38. The Morgan fingerprint density at radius 3 is 2.62 bits per heavy atom. The van der Waals surface area contributed by atoms with Crippen molar-refractivity contribution in [3.63, 3.8) is 0 Å². The Bertz CT molecular complexity index is 632. The molecule has 1 aromatic carbocycles. The first-order valence-electron chi connectivity index (χ1n) is 6.74. The number of halogens is 2. The fourth-order valence-electron chi connectivity index (χ4n) is 1.95. The first-order chi connectivity index (χ1) is 10.0. The van der Waals surface area contributed by atoms with Crippen molar-refractivity contribution in [1.29, 1.82) is 0 Å². The van der Waals surface area contributed by atoms with Crippen LogP contribution in [-0.2, 0) is 0 Å². The van der Waals surface area contributed by atoms with Crippen molar-refractivity contribution in [3.05, 3.63) is 39.0 Å². The lowest BCUT2D eigenvalue weighted by Gasteiger charge is -2.17. The summed E-state index contributed by atoms with van der Waals surface area (Å²) in [6.45, 7) is 7.04. The summed E-state index contributed by atoms with van der Waals surface area (Å²) in [4.78, 5) is 8.60. The Hall–Kier alpha value is -1.14. The van der Waals surface area contributed by atoms with Gasteiger partial charge in [0.1, 0.15) is 17.9 Å². The second-order valence-corrected chi connectivity index (χ2v) is 6.57. The Kier molecular flexibility index (Phi) is 5.58. The maximum atomic E-state index is 5.98. The van der Waals surface area contributed by atoms with Crippen molar-refractivity contribution in [2.45, 2.75) is 26.7 Å². The lowest BCUT2D eigenvalue weighted by Crippen LogP contribution is -2.07. The third kappa shape index (κ3) is 3.95. The molecule has 0 saturated heterocycles. The molecule has 0 atom stereocenters. The molecule has 0 unspecified atom stereocenters. The molecule has 0 amide bonds. The number of hydrogen-bond acceptors (Lipinski definition) is 4. The molecule has 0 aliphatic heterocycles. The molecule has 0 fully saturated rings. The molecule has 0 aliphatic carbocycles. The van der Waals surface area contributed by atoms with Crippen LogP contribution in [0.15, 0.2) is 33.5 Å². The van der Waals surface area contributed by atoms with Gasteiger partial charge in [-0.15, -0.1) is 0 Å². The van der Waals surface area contributed by atoms with Crippen molar-refractivity contribution in [2.24, 2.45) is 0 Å². The highest BCUT2D eigenvalue weighted by Gasteiger charge is 2.17. The number of aromatic nitrogens is 2. The number of benzene rings is 1. The van der Waals surface area contributed by atoms with E-state index in [0.29, 0.717) is 5.88 Å². The van der Waals surface area contributed by atoms with Gasteiger partial charge in [-0.3, -0.25) is 0 Å². The van der Waals surface area contributed by atoms with Crippen molar-refractivity contribution in [2.75, 3.05) is 11.9 Å². The molecule has 2 rings (SSSR count). The Morgan fingerprint density at radius 2 is 2.00 bits per heavy atom. The van der Waals surface area contributed by atoms with Gasteiger partial charge in [0, 0.05) is 11.0 Å². The number of nitrogens with zero attached hydrogens (tertiary/aromatic N) is 2. The van der Waals surface area contributed by atoms with Gasteiger partial charge in [0.2, 0.25) is 5.88 Å². The van der Waals surface area contributed by atoms with Gasteiger partial charge in [-0.25, -0.2) is 9.97 Å². The summed E-state index contributed by atoms with van der Waals surface area (Å²) in [5.41, 5.74) is 0.981. The predicted molar refractivity (Wildman–Crippen MR) is 92.2 cm³/mol. The van der Waals surface area contributed by atoms with Crippen molar-refractivity contribution < 1.29 is 4.74 Å². The van der Waals surface area contributed by atoms with Crippen LogP contribution in [-0.4, -0.2) is 16.5 Å². The molecule has 6 heteroatoms. The fraction of sp³-hybridized carbons (Fsp3) is 0.333. The van der Waals surface area contributed by atoms with Crippen LogP contribution in [0.1, 0.15) is 32.3 Å². The Balaban J connectivity index is 2.41. The summed E-state index contributed by atoms with van der Waals surface area (Å²) in [6, 6.07) is 5.77. The molecule has 2 aromatic rings. The van der Waals surface area contributed by atoms with Crippen LogP contribution in [0.3, 0.4) is 0 Å². The van der Waals surface area contributed by atoms with Gasteiger partial charge in [-0.2, -0.15) is 0 Å². The lowest BCUT2D eigenvalue weighted by atomic mass is 10.1. The zero-order chi connectivity index (χ0) is 15.4. The average molecular weight is 415 g/mol. The van der Waals surface area contributed by atoms with Gasteiger partial charge in [-0.05, 0) is 47.0 Å². The van der Waals surface area contributed by atoms with E-state index in [2.05, 4.69) is 61.0 Å².